The van der Waals surface area contributed by atoms with Gasteiger partial charge in [-0.1, -0.05) is 56.9 Å². The number of aliphatic carboxylic acids is 2. The van der Waals surface area contributed by atoms with Gasteiger partial charge in [0.15, 0.2) is 5.66 Å². The lowest BCUT2D eigenvalue weighted by Gasteiger charge is -2.33. The summed E-state index contributed by atoms with van der Waals surface area (Å²) in [7, 11) is -1.27. The van der Waals surface area contributed by atoms with Crippen molar-refractivity contribution in [3.05, 3.63) is 35.9 Å². The smallest absolute Gasteiger partial charge is 0.339 e. The van der Waals surface area contributed by atoms with Crippen LogP contribution in [-0.4, -0.2) is 66.2 Å². The second-order valence-electron chi connectivity index (χ2n) is 8.74. The molecule has 0 radical (unpaired) electrons. The van der Waals surface area contributed by atoms with Crippen LogP contribution in [0.3, 0.4) is 0 Å². The van der Waals surface area contributed by atoms with Crippen molar-refractivity contribution < 1.29 is 24.5 Å². The van der Waals surface area contributed by atoms with E-state index in [1.54, 1.807) is 11.8 Å². The number of nitrogens with zero attached hydrogens (tertiary/aromatic N) is 1. The number of carboxylic acids is 2. The van der Waals surface area contributed by atoms with Crippen LogP contribution in [0.4, 0.5) is 0 Å². The summed E-state index contributed by atoms with van der Waals surface area (Å²) in [5.41, 5.74) is -2.01. The largest absolute Gasteiger partial charge is 0.480 e. The van der Waals surface area contributed by atoms with Gasteiger partial charge in [0.25, 0.3) is 0 Å². The first-order chi connectivity index (χ1) is 13.0. The lowest BCUT2D eigenvalue weighted by molar-refractivity contribution is -0.155. The molecule has 1 aliphatic heterocycles. The lowest BCUT2D eigenvalue weighted by Crippen LogP contribution is -2.62. The summed E-state index contributed by atoms with van der Waals surface area (Å²) < 4.78 is 5.79. The Kier molecular flexibility index (Phi) is 7.03. The van der Waals surface area contributed by atoms with E-state index in [0.717, 1.165) is 11.6 Å². The molecule has 156 valence electrons. The third-order valence-corrected chi connectivity index (χ3v) is 7.02. The second kappa shape index (κ2) is 8.73. The fraction of sp³-hybridized carbons (Fsp3) is 0.600. The number of carboxylic acid groups (broad SMARTS) is 2. The SMILES string of the molecule is CCC1(C(=O)O)NC(Cc2ccccc2)(C(=O)O)CN1COCC[Si](C)(C)C. The molecule has 2 atom stereocenters. The van der Waals surface area contributed by atoms with Crippen LogP contribution in [0.15, 0.2) is 30.3 Å². The van der Waals surface area contributed by atoms with E-state index in [1.807, 2.05) is 30.3 Å². The molecular weight excluding hydrogens is 376 g/mol. The molecule has 1 aliphatic rings. The van der Waals surface area contributed by atoms with Gasteiger partial charge < -0.3 is 14.9 Å². The molecule has 0 saturated carbocycles. The van der Waals surface area contributed by atoms with Crippen LogP contribution in [0.25, 0.3) is 0 Å². The normalized spacial score (nSPS) is 25.7. The molecule has 2 unspecified atom stereocenters. The molecule has 0 aromatic heterocycles. The monoisotopic (exact) mass is 408 g/mol. The van der Waals surface area contributed by atoms with Crippen molar-refractivity contribution in [2.75, 3.05) is 19.9 Å². The van der Waals surface area contributed by atoms with Gasteiger partial charge in [0.1, 0.15) is 12.3 Å². The van der Waals surface area contributed by atoms with Crippen LogP contribution in [0.2, 0.25) is 25.7 Å². The van der Waals surface area contributed by atoms with E-state index < -0.39 is 31.2 Å². The molecule has 0 bridgehead atoms. The summed E-state index contributed by atoms with van der Waals surface area (Å²) >= 11 is 0. The topological polar surface area (TPSA) is 99.1 Å². The number of nitrogens with one attached hydrogen (secondary N) is 1. The Labute approximate surface area is 167 Å². The van der Waals surface area contributed by atoms with Gasteiger partial charge in [-0.05, 0) is 18.0 Å². The summed E-state index contributed by atoms with van der Waals surface area (Å²) in [6.07, 6.45) is 0.424. The van der Waals surface area contributed by atoms with Crippen LogP contribution in [0.5, 0.6) is 0 Å². The van der Waals surface area contributed by atoms with E-state index in [9.17, 15) is 19.8 Å². The van der Waals surface area contributed by atoms with Gasteiger partial charge in [-0.3, -0.25) is 15.0 Å². The van der Waals surface area contributed by atoms with Crippen molar-refractivity contribution in [2.24, 2.45) is 0 Å². The minimum atomic E-state index is -1.47. The summed E-state index contributed by atoms with van der Waals surface area (Å²) in [5.74, 6) is -2.14. The molecule has 0 spiro atoms. The summed E-state index contributed by atoms with van der Waals surface area (Å²) in [6.45, 7) is 9.18. The molecule has 28 heavy (non-hydrogen) atoms. The molecule has 8 heteroatoms. The highest BCUT2D eigenvalue weighted by Gasteiger charge is 2.59. The molecule has 1 fully saturated rings. The Morgan fingerprint density at radius 2 is 1.82 bits per heavy atom. The number of hydrogen-bond donors (Lipinski definition) is 3. The third kappa shape index (κ3) is 4.99. The Morgan fingerprint density at radius 1 is 1.18 bits per heavy atom. The Hall–Kier alpha value is -1.74. The number of rotatable bonds is 10. The first-order valence-electron chi connectivity index (χ1n) is 9.67. The molecule has 2 rings (SSSR count). The van der Waals surface area contributed by atoms with E-state index in [-0.39, 0.29) is 26.1 Å². The van der Waals surface area contributed by atoms with E-state index in [4.69, 9.17) is 4.74 Å². The average molecular weight is 409 g/mol. The molecule has 7 nitrogen and oxygen atoms in total. The summed E-state index contributed by atoms with van der Waals surface area (Å²) in [5, 5.41) is 22.9. The molecule has 1 heterocycles. The quantitative estimate of drug-likeness (QED) is 0.404. The van der Waals surface area contributed by atoms with Crippen LogP contribution in [0.1, 0.15) is 18.9 Å². The van der Waals surface area contributed by atoms with Crippen molar-refractivity contribution in [3.63, 3.8) is 0 Å². The van der Waals surface area contributed by atoms with Crippen LogP contribution < -0.4 is 5.32 Å². The number of carbonyl (C=O) groups is 2. The fourth-order valence-electron chi connectivity index (χ4n) is 3.58. The molecule has 1 aromatic carbocycles. The zero-order valence-electron chi connectivity index (χ0n) is 17.2. The maximum absolute atomic E-state index is 12.2. The van der Waals surface area contributed by atoms with Crippen molar-refractivity contribution in [1.29, 1.82) is 0 Å². The lowest BCUT2D eigenvalue weighted by atomic mass is 9.91. The fourth-order valence-corrected chi connectivity index (χ4v) is 4.33. The van der Waals surface area contributed by atoms with Crippen molar-refractivity contribution >= 4 is 20.0 Å². The zero-order valence-corrected chi connectivity index (χ0v) is 18.2. The van der Waals surface area contributed by atoms with Gasteiger partial charge in [-0.2, -0.15) is 0 Å². The maximum Gasteiger partial charge on any atom is 0.339 e. The number of ether oxygens (including phenoxy) is 1. The highest BCUT2D eigenvalue weighted by Crippen LogP contribution is 2.33. The van der Waals surface area contributed by atoms with E-state index >= 15 is 0 Å². The summed E-state index contributed by atoms with van der Waals surface area (Å²) in [4.78, 5) is 26.0. The molecule has 1 aromatic rings. The second-order valence-corrected chi connectivity index (χ2v) is 14.4. The number of benzene rings is 1. The van der Waals surface area contributed by atoms with Gasteiger partial charge in [0, 0.05) is 27.6 Å². The van der Waals surface area contributed by atoms with Gasteiger partial charge in [0.05, 0.1) is 0 Å². The van der Waals surface area contributed by atoms with Gasteiger partial charge >= 0.3 is 11.9 Å². The molecule has 0 aliphatic carbocycles. The van der Waals surface area contributed by atoms with Crippen molar-refractivity contribution in [2.45, 2.75) is 56.7 Å². The van der Waals surface area contributed by atoms with E-state index in [0.29, 0.717) is 6.61 Å². The Balaban J connectivity index is 2.24. The zero-order chi connectivity index (χ0) is 21.0. The van der Waals surface area contributed by atoms with Crippen LogP contribution in [0, 0.1) is 0 Å². The van der Waals surface area contributed by atoms with E-state index in [1.165, 1.54) is 0 Å². The van der Waals surface area contributed by atoms with Gasteiger partial charge in [-0.15, -0.1) is 0 Å². The third-order valence-electron chi connectivity index (χ3n) is 5.31. The molecule has 1 saturated heterocycles. The predicted octanol–water partition coefficient (Wildman–Crippen LogP) is 2.46. The summed E-state index contributed by atoms with van der Waals surface area (Å²) in [6, 6.07) is 10.2. The molecule has 3 N–H and O–H groups in total. The minimum Gasteiger partial charge on any atom is -0.480 e. The average Bonchev–Trinajstić information content (AvgIpc) is 2.95. The first kappa shape index (κ1) is 22.5. The van der Waals surface area contributed by atoms with Crippen LogP contribution in [-0.2, 0) is 20.7 Å². The van der Waals surface area contributed by atoms with Crippen LogP contribution >= 0.6 is 0 Å². The number of hydrogen-bond acceptors (Lipinski definition) is 5. The first-order valence-corrected chi connectivity index (χ1v) is 13.4. The highest BCUT2D eigenvalue weighted by molar-refractivity contribution is 6.76. The van der Waals surface area contributed by atoms with Crippen molar-refractivity contribution in [3.8, 4) is 0 Å². The van der Waals surface area contributed by atoms with Gasteiger partial charge in [-0.25, -0.2) is 4.79 Å². The standard InChI is InChI=1S/C20H32N2O5Si/c1-5-20(18(25)26)21-19(17(23)24,13-16-9-7-6-8-10-16)14-22(20)15-27-11-12-28(2,3)4/h6-10,21H,5,11-15H2,1-4H3,(H,23,24)(H,25,26). The van der Waals surface area contributed by atoms with Crippen molar-refractivity contribution in [1.82, 2.24) is 10.2 Å². The van der Waals surface area contributed by atoms with E-state index in [2.05, 4.69) is 25.0 Å². The molecule has 0 amide bonds. The maximum atomic E-state index is 12.2. The minimum absolute atomic E-state index is 0.0598. The Morgan fingerprint density at radius 3 is 2.32 bits per heavy atom. The highest BCUT2D eigenvalue weighted by atomic mass is 28.3. The molecular formula is C20H32N2O5Si. The van der Waals surface area contributed by atoms with Gasteiger partial charge in [0.2, 0.25) is 0 Å². The Bertz CT molecular complexity index is 694. The predicted molar refractivity (Wildman–Crippen MR) is 110 cm³/mol.